The second-order valence-electron chi connectivity index (χ2n) is 5.91. The third-order valence-electron chi connectivity index (χ3n) is 4.23. The first-order chi connectivity index (χ1) is 12.7. The highest BCUT2D eigenvalue weighted by atomic mass is 35.5. The fourth-order valence-electron chi connectivity index (χ4n) is 2.88. The fraction of sp³-hybridized carbons (Fsp3) is 0.222. The zero-order valence-electron chi connectivity index (χ0n) is 13.8. The Labute approximate surface area is 155 Å². The predicted molar refractivity (Wildman–Crippen MR) is 95.2 cm³/mol. The lowest BCUT2D eigenvalue weighted by Gasteiger charge is -2.33. The summed E-state index contributed by atoms with van der Waals surface area (Å²) in [4.78, 5) is 19.1. The summed E-state index contributed by atoms with van der Waals surface area (Å²) in [6, 6.07) is 12.8. The standard InChI is InChI=1S/C18H16ClN5O2/c19-14-6-4-13(5-7-14)16-10-23(8-9-26-16)18(25)15-2-1-3-17(22-15)24-11-20-21-12-24/h1-7,11-12,16H,8-10H2. The fourth-order valence-corrected chi connectivity index (χ4v) is 3.01. The first-order valence-electron chi connectivity index (χ1n) is 8.19. The number of hydrogen-bond acceptors (Lipinski definition) is 5. The summed E-state index contributed by atoms with van der Waals surface area (Å²) in [5.41, 5.74) is 1.38. The smallest absolute Gasteiger partial charge is 0.272 e. The molecule has 1 unspecified atom stereocenters. The molecule has 4 rings (SSSR count). The van der Waals surface area contributed by atoms with E-state index < -0.39 is 0 Å². The van der Waals surface area contributed by atoms with Crippen molar-refractivity contribution in [1.29, 1.82) is 0 Å². The maximum absolute atomic E-state index is 12.9. The maximum atomic E-state index is 12.9. The van der Waals surface area contributed by atoms with Gasteiger partial charge in [0, 0.05) is 11.6 Å². The summed E-state index contributed by atoms with van der Waals surface area (Å²) in [6.45, 7) is 1.48. The van der Waals surface area contributed by atoms with Crippen molar-refractivity contribution in [2.45, 2.75) is 6.10 Å². The van der Waals surface area contributed by atoms with Crippen molar-refractivity contribution in [3.8, 4) is 5.82 Å². The van der Waals surface area contributed by atoms with Crippen LogP contribution in [-0.4, -0.2) is 50.3 Å². The Balaban J connectivity index is 1.52. The summed E-state index contributed by atoms with van der Waals surface area (Å²) >= 11 is 5.94. The lowest BCUT2D eigenvalue weighted by atomic mass is 10.1. The molecule has 8 heteroatoms. The molecule has 0 bridgehead atoms. The van der Waals surface area contributed by atoms with Crippen molar-refractivity contribution in [2.75, 3.05) is 19.7 Å². The molecule has 132 valence electrons. The summed E-state index contributed by atoms with van der Waals surface area (Å²) in [5, 5.41) is 8.20. The van der Waals surface area contributed by atoms with Crippen LogP contribution in [0.15, 0.2) is 55.1 Å². The lowest BCUT2D eigenvalue weighted by Crippen LogP contribution is -2.42. The van der Waals surface area contributed by atoms with Gasteiger partial charge in [-0.3, -0.25) is 9.36 Å². The largest absolute Gasteiger partial charge is 0.370 e. The van der Waals surface area contributed by atoms with E-state index in [1.165, 1.54) is 0 Å². The van der Waals surface area contributed by atoms with Gasteiger partial charge in [-0.25, -0.2) is 4.98 Å². The van der Waals surface area contributed by atoms with E-state index >= 15 is 0 Å². The van der Waals surface area contributed by atoms with Crippen LogP contribution < -0.4 is 0 Å². The van der Waals surface area contributed by atoms with E-state index in [0.717, 1.165) is 5.56 Å². The van der Waals surface area contributed by atoms with Crippen LogP contribution in [0.4, 0.5) is 0 Å². The van der Waals surface area contributed by atoms with Crippen molar-refractivity contribution < 1.29 is 9.53 Å². The number of hydrogen-bond donors (Lipinski definition) is 0. The molecule has 1 saturated heterocycles. The quantitative estimate of drug-likeness (QED) is 0.709. The molecule has 0 saturated carbocycles. The lowest BCUT2D eigenvalue weighted by molar-refractivity contribution is -0.0230. The molecular weight excluding hydrogens is 354 g/mol. The Bertz CT molecular complexity index is 898. The van der Waals surface area contributed by atoms with Crippen molar-refractivity contribution >= 4 is 17.5 Å². The van der Waals surface area contributed by atoms with Gasteiger partial charge in [0.15, 0.2) is 0 Å². The number of pyridine rings is 1. The number of halogens is 1. The molecule has 26 heavy (non-hydrogen) atoms. The second-order valence-corrected chi connectivity index (χ2v) is 6.35. The SMILES string of the molecule is O=C(c1cccc(-n2cnnc2)n1)N1CCOC(c2ccc(Cl)cc2)C1. The Morgan fingerprint density at radius 2 is 1.88 bits per heavy atom. The molecule has 1 aliphatic heterocycles. The van der Waals surface area contributed by atoms with Crippen molar-refractivity contribution in [2.24, 2.45) is 0 Å². The van der Waals surface area contributed by atoms with Crippen LogP contribution in [0.25, 0.3) is 5.82 Å². The van der Waals surface area contributed by atoms with Crippen LogP contribution in [0.1, 0.15) is 22.2 Å². The minimum atomic E-state index is -0.175. The van der Waals surface area contributed by atoms with E-state index in [0.29, 0.717) is 36.2 Å². The van der Waals surface area contributed by atoms with Crippen LogP contribution in [-0.2, 0) is 4.74 Å². The number of carbonyl (C=O) groups excluding carboxylic acids is 1. The summed E-state index contributed by atoms with van der Waals surface area (Å²) in [5.74, 6) is 0.477. The monoisotopic (exact) mass is 369 g/mol. The first-order valence-corrected chi connectivity index (χ1v) is 8.57. The minimum absolute atomic E-state index is 0.123. The molecule has 0 N–H and O–H groups in total. The number of nitrogens with zero attached hydrogens (tertiary/aromatic N) is 5. The van der Waals surface area contributed by atoms with Gasteiger partial charge in [-0.05, 0) is 29.8 Å². The normalized spacial score (nSPS) is 17.3. The second kappa shape index (κ2) is 7.23. The van der Waals surface area contributed by atoms with Crippen LogP contribution in [0.5, 0.6) is 0 Å². The number of amides is 1. The van der Waals surface area contributed by atoms with Crippen LogP contribution in [0, 0.1) is 0 Å². The van der Waals surface area contributed by atoms with Gasteiger partial charge in [0.25, 0.3) is 5.91 Å². The number of aromatic nitrogens is 4. The third kappa shape index (κ3) is 3.44. The van der Waals surface area contributed by atoms with Crippen LogP contribution >= 0.6 is 11.6 Å². The van der Waals surface area contributed by atoms with Crippen molar-refractivity contribution in [1.82, 2.24) is 24.6 Å². The number of morpholine rings is 1. The number of benzene rings is 1. The molecule has 3 aromatic rings. The van der Waals surface area contributed by atoms with E-state index in [4.69, 9.17) is 16.3 Å². The topological polar surface area (TPSA) is 73.1 Å². The van der Waals surface area contributed by atoms with Gasteiger partial charge >= 0.3 is 0 Å². The first kappa shape index (κ1) is 16.7. The molecule has 2 aromatic heterocycles. The average Bonchev–Trinajstić information content (AvgIpc) is 3.23. The van der Waals surface area contributed by atoms with Gasteiger partial charge in [-0.2, -0.15) is 0 Å². The number of carbonyl (C=O) groups is 1. The van der Waals surface area contributed by atoms with E-state index in [-0.39, 0.29) is 12.0 Å². The van der Waals surface area contributed by atoms with E-state index in [9.17, 15) is 4.79 Å². The highest BCUT2D eigenvalue weighted by Crippen LogP contribution is 2.24. The van der Waals surface area contributed by atoms with Crippen LogP contribution in [0.3, 0.4) is 0 Å². The summed E-state index contributed by atoms with van der Waals surface area (Å²) in [7, 11) is 0. The zero-order valence-corrected chi connectivity index (χ0v) is 14.6. The maximum Gasteiger partial charge on any atom is 0.272 e. The molecular formula is C18H16ClN5O2. The molecule has 7 nitrogen and oxygen atoms in total. The molecule has 1 aliphatic rings. The summed E-state index contributed by atoms with van der Waals surface area (Å²) < 4.78 is 7.48. The average molecular weight is 370 g/mol. The van der Waals surface area contributed by atoms with Gasteiger partial charge in [0.1, 0.15) is 30.3 Å². The third-order valence-corrected chi connectivity index (χ3v) is 4.48. The zero-order chi connectivity index (χ0) is 17.9. The van der Waals surface area contributed by atoms with Gasteiger partial charge in [0.05, 0.1) is 13.2 Å². The molecule has 0 spiro atoms. The van der Waals surface area contributed by atoms with E-state index in [2.05, 4.69) is 15.2 Å². The molecule has 1 fully saturated rings. The highest BCUT2D eigenvalue weighted by Gasteiger charge is 2.27. The van der Waals surface area contributed by atoms with Crippen molar-refractivity contribution in [3.05, 3.63) is 71.4 Å². The molecule has 1 atom stereocenters. The van der Waals surface area contributed by atoms with Gasteiger partial charge in [-0.1, -0.05) is 29.8 Å². The highest BCUT2D eigenvalue weighted by molar-refractivity contribution is 6.30. The molecule has 1 aromatic carbocycles. The Kier molecular flexibility index (Phi) is 4.64. The number of rotatable bonds is 3. The number of ether oxygens (including phenoxy) is 1. The molecule has 0 aliphatic carbocycles. The predicted octanol–water partition coefficient (Wildman–Crippen LogP) is 2.53. The van der Waals surface area contributed by atoms with Gasteiger partial charge in [0.2, 0.25) is 0 Å². The van der Waals surface area contributed by atoms with E-state index in [1.54, 1.807) is 40.3 Å². The molecule has 3 heterocycles. The van der Waals surface area contributed by atoms with Gasteiger partial charge in [-0.15, -0.1) is 10.2 Å². The molecule has 1 amide bonds. The Morgan fingerprint density at radius 1 is 1.12 bits per heavy atom. The van der Waals surface area contributed by atoms with Gasteiger partial charge < -0.3 is 9.64 Å². The molecule has 0 radical (unpaired) electrons. The van der Waals surface area contributed by atoms with E-state index in [1.807, 2.05) is 24.3 Å². The summed E-state index contributed by atoms with van der Waals surface area (Å²) in [6.07, 6.45) is 2.91. The van der Waals surface area contributed by atoms with Crippen LogP contribution in [0.2, 0.25) is 5.02 Å². The van der Waals surface area contributed by atoms with Crippen molar-refractivity contribution in [3.63, 3.8) is 0 Å². The minimum Gasteiger partial charge on any atom is -0.370 e. The Morgan fingerprint density at radius 3 is 2.65 bits per heavy atom. The Hall–Kier alpha value is -2.77.